The molecule has 2 saturated carbocycles. The predicted molar refractivity (Wildman–Crippen MR) is 153 cm³/mol. The predicted octanol–water partition coefficient (Wildman–Crippen LogP) is 5.22. The molecule has 40 heavy (non-hydrogen) atoms. The summed E-state index contributed by atoms with van der Waals surface area (Å²) in [5.41, 5.74) is 0.641. The van der Waals surface area contributed by atoms with Gasteiger partial charge >= 0.3 is 6.09 Å². The molecule has 2 aliphatic carbocycles. The first-order chi connectivity index (χ1) is 19.0. The summed E-state index contributed by atoms with van der Waals surface area (Å²) < 4.78 is 19.0. The molecule has 3 N–H and O–H groups in total. The van der Waals surface area contributed by atoms with E-state index < -0.39 is 17.7 Å². The fourth-order valence-electron chi connectivity index (χ4n) is 4.38. The van der Waals surface area contributed by atoms with Crippen molar-refractivity contribution in [3.8, 4) is 11.8 Å². The molecule has 0 bridgehead atoms. The normalized spacial score (nSPS) is 19.4. The zero-order chi connectivity index (χ0) is 28.9. The van der Waals surface area contributed by atoms with Gasteiger partial charge in [0.15, 0.2) is 0 Å². The molecular weight excluding hydrogens is 511 g/mol. The number of benzene rings is 1. The van der Waals surface area contributed by atoms with Gasteiger partial charge in [0.25, 0.3) is 0 Å². The largest absolute Gasteiger partial charge is 0.444 e. The van der Waals surface area contributed by atoms with Gasteiger partial charge in [0.2, 0.25) is 11.9 Å². The second-order valence-electron chi connectivity index (χ2n) is 11.6. The lowest BCUT2D eigenvalue weighted by atomic mass is 9.86. The minimum atomic E-state index is -0.658. The first kappa shape index (κ1) is 29.1. The van der Waals surface area contributed by atoms with Crippen LogP contribution in [0.1, 0.15) is 71.8 Å². The number of carbonyl (C=O) groups is 2. The monoisotopic (exact) mass is 550 g/mol. The van der Waals surface area contributed by atoms with E-state index in [9.17, 15) is 14.0 Å². The van der Waals surface area contributed by atoms with Crippen molar-refractivity contribution in [2.24, 2.45) is 5.92 Å². The molecule has 214 valence electrons. The third kappa shape index (κ3) is 8.57. The molecule has 0 aliphatic heterocycles. The lowest BCUT2D eigenvalue weighted by Gasteiger charge is -2.31. The maximum Gasteiger partial charge on any atom is 0.410 e. The summed E-state index contributed by atoms with van der Waals surface area (Å²) in [7, 11) is 1.57. The van der Waals surface area contributed by atoms with Crippen molar-refractivity contribution in [2.75, 3.05) is 17.7 Å². The Balaban J connectivity index is 1.38. The smallest absolute Gasteiger partial charge is 0.410 e. The molecule has 9 nitrogen and oxygen atoms in total. The number of anilines is 3. The van der Waals surface area contributed by atoms with Crippen LogP contribution in [0.4, 0.5) is 26.6 Å². The SMILES string of the molecule is C[C@@H](C(=O)N[C@H]1CCC[C@@H](C#Cc2cnc(Nc3cccc(F)c3)nc2NC2CC2)C1)N(C)C(=O)OC(C)(C)C. The molecule has 0 unspecified atom stereocenters. The molecule has 2 amide bonds. The summed E-state index contributed by atoms with van der Waals surface area (Å²) in [5, 5.41) is 9.57. The molecule has 2 fully saturated rings. The van der Waals surface area contributed by atoms with Crippen molar-refractivity contribution < 1.29 is 18.7 Å². The minimum absolute atomic E-state index is 0.0202. The van der Waals surface area contributed by atoms with E-state index in [2.05, 4.69) is 37.8 Å². The van der Waals surface area contributed by atoms with E-state index in [-0.39, 0.29) is 23.7 Å². The van der Waals surface area contributed by atoms with E-state index in [1.807, 2.05) is 0 Å². The number of hydrogen-bond acceptors (Lipinski definition) is 7. The summed E-state index contributed by atoms with van der Waals surface area (Å²) >= 11 is 0. The van der Waals surface area contributed by atoms with E-state index in [0.29, 0.717) is 29.1 Å². The van der Waals surface area contributed by atoms with E-state index >= 15 is 0 Å². The van der Waals surface area contributed by atoms with Crippen molar-refractivity contribution in [3.63, 3.8) is 0 Å². The molecule has 2 aromatic rings. The topological polar surface area (TPSA) is 108 Å². The zero-order valence-electron chi connectivity index (χ0n) is 23.9. The van der Waals surface area contributed by atoms with Gasteiger partial charge in [-0.2, -0.15) is 4.98 Å². The fraction of sp³-hybridized carbons (Fsp3) is 0.533. The molecule has 0 spiro atoms. The van der Waals surface area contributed by atoms with Gasteiger partial charge in [-0.3, -0.25) is 9.69 Å². The molecule has 1 heterocycles. The zero-order valence-corrected chi connectivity index (χ0v) is 23.9. The van der Waals surface area contributed by atoms with Crippen LogP contribution in [0.25, 0.3) is 0 Å². The molecule has 3 atom stereocenters. The molecule has 0 saturated heterocycles. The number of ether oxygens (including phenoxy) is 1. The quantitative estimate of drug-likeness (QED) is 0.406. The van der Waals surface area contributed by atoms with Gasteiger partial charge in [0.05, 0.1) is 11.8 Å². The van der Waals surface area contributed by atoms with Crippen LogP contribution in [-0.4, -0.2) is 57.6 Å². The lowest BCUT2D eigenvalue weighted by Crippen LogP contribution is -2.50. The minimum Gasteiger partial charge on any atom is -0.444 e. The van der Waals surface area contributed by atoms with Crippen LogP contribution < -0.4 is 16.0 Å². The van der Waals surface area contributed by atoms with Gasteiger partial charge in [-0.15, -0.1) is 0 Å². The Morgan fingerprint density at radius 2 is 1.95 bits per heavy atom. The van der Waals surface area contributed by atoms with Crippen LogP contribution in [-0.2, 0) is 9.53 Å². The lowest BCUT2D eigenvalue weighted by molar-refractivity contribution is -0.126. The van der Waals surface area contributed by atoms with Crippen LogP contribution in [0, 0.1) is 23.6 Å². The Morgan fingerprint density at radius 3 is 2.65 bits per heavy atom. The van der Waals surface area contributed by atoms with Crippen LogP contribution in [0.2, 0.25) is 0 Å². The highest BCUT2D eigenvalue weighted by Gasteiger charge is 2.30. The first-order valence-corrected chi connectivity index (χ1v) is 13.9. The maximum absolute atomic E-state index is 13.6. The molecule has 4 rings (SSSR count). The number of aromatic nitrogens is 2. The third-order valence-corrected chi connectivity index (χ3v) is 6.86. The number of hydrogen-bond donors (Lipinski definition) is 3. The summed E-state index contributed by atoms with van der Waals surface area (Å²) in [6.45, 7) is 7.08. The van der Waals surface area contributed by atoms with Gasteiger partial charge in [0, 0.05) is 30.7 Å². The average Bonchev–Trinajstić information content (AvgIpc) is 3.70. The number of carbonyl (C=O) groups excluding carboxylic acids is 2. The van der Waals surface area contributed by atoms with Gasteiger partial charge in [-0.1, -0.05) is 24.3 Å². The average molecular weight is 551 g/mol. The van der Waals surface area contributed by atoms with Crippen molar-refractivity contribution in [2.45, 2.75) is 89.9 Å². The van der Waals surface area contributed by atoms with Crippen molar-refractivity contribution in [3.05, 3.63) is 41.8 Å². The first-order valence-electron chi connectivity index (χ1n) is 13.9. The van der Waals surface area contributed by atoms with Crippen molar-refractivity contribution in [1.82, 2.24) is 20.2 Å². The highest BCUT2D eigenvalue weighted by atomic mass is 19.1. The van der Waals surface area contributed by atoms with E-state index in [1.165, 1.54) is 17.0 Å². The maximum atomic E-state index is 13.6. The molecule has 1 aromatic heterocycles. The number of likely N-dealkylation sites (N-methyl/N-ethyl adjacent to an activating group) is 1. The molecule has 2 aliphatic rings. The second kappa shape index (κ2) is 12.5. The molecular formula is C30H39FN6O3. The Labute approximate surface area is 235 Å². The summed E-state index contributed by atoms with van der Waals surface area (Å²) in [6.07, 6.45) is 6.79. The van der Waals surface area contributed by atoms with Crippen LogP contribution in [0.3, 0.4) is 0 Å². The molecule has 0 radical (unpaired) electrons. The van der Waals surface area contributed by atoms with E-state index in [1.54, 1.807) is 53.1 Å². The summed E-state index contributed by atoms with van der Waals surface area (Å²) in [6, 6.07) is 5.84. The summed E-state index contributed by atoms with van der Waals surface area (Å²) in [4.78, 5) is 35.6. The van der Waals surface area contributed by atoms with Gasteiger partial charge in [0.1, 0.15) is 23.3 Å². The number of nitrogens with one attached hydrogen (secondary N) is 3. The van der Waals surface area contributed by atoms with Crippen LogP contribution in [0.15, 0.2) is 30.5 Å². The van der Waals surface area contributed by atoms with Crippen molar-refractivity contribution >= 4 is 29.5 Å². The van der Waals surface area contributed by atoms with E-state index in [4.69, 9.17) is 4.74 Å². The molecule has 1 aromatic carbocycles. The third-order valence-electron chi connectivity index (χ3n) is 6.86. The Kier molecular flexibility index (Phi) is 9.13. The highest BCUT2D eigenvalue weighted by molar-refractivity contribution is 5.85. The van der Waals surface area contributed by atoms with Gasteiger partial charge < -0.3 is 20.7 Å². The van der Waals surface area contributed by atoms with E-state index in [0.717, 1.165) is 38.5 Å². The Morgan fingerprint density at radius 1 is 1.18 bits per heavy atom. The standard InChI is InChI=1S/C30H39FN6O3/c1-19(37(5)29(39)40-30(2,3)4)27(38)34-24-10-6-8-20(16-24)12-13-21-18-32-28(36-26(21)33-23-14-15-23)35-25-11-7-9-22(31)17-25/h7,9,11,17-20,23-24H,6,8,10,14-16H2,1-5H3,(H,34,38)(H2,32,33,35,36)/t19-,20-,24-/m0/s1. The molecule has 10 heteroatoms. The van der Waals surface area contributed by atoms with Crippen LogP contribution >= 0.6 is 0 Å². The Hall–Kier alpha value is -3.87. The fourth-order valence-corrected chi connectivity index (χ4v) is 4.38. The Bertz CT molecular complexity index is 1280. The number of amides is 2. The number of rotatable bonds is 7. The van der Waals surface area contributed by atoms with Crippen molar-refractivity contribution in [1.29, 1.82) is 0 Å². The number of halogens is 1. The van der Waals surface area contributed by atoms with Gasteiger partial charge in [-0.05, 0) is 78.0 Å². The van der Waals surface area contributed by atoms with Gasteiger partial charge in [-0.25, -0.2) is 14.2 Å². The number of nitrogens with zero attached hydrogens (tertiary/aromatic N) is 3. The highest BCUT2D eigenvalue weighted by Crippen LogP contribution is 2.28. The summed E-state index contributed by atoms with van der Waals surface area (Å²) in [5.74, 6) is 7.21. The second-order valence-corrected chi connectivity index (χ2v) is 11.6. The van der Waals surface area contributed by atoms with Crippen LogP contribution in [0.5, 0.6) is 0 Å².